The van der Waals surface area contributed by atoms with Gasteiger partial charge in [0.1, 0.15) is 0 Å². The van der Waals surface area contributed by atoms with E-state index in [1.165, 1.54) is 0 Å². The molecule has 7 heteroatoms. The predicted octanol–water partition coefficient (Wildman–Crippen LogP) is 3.12. The van der Waals surface area contributed by atoms with E-state index < -0.39 is 0 Å². The molecule has 0 radical (unpaired) electrons. The van der Waals surface area contributed by atoms with E-state index in [1.807, 2.05) is 31.5 Å². The zero-order valence-electron chi connectivity index (χ0n) is 12.0. The summed E-state index contributed by atoms with van der Waals surface area (Å²) in [5, 5.41) is 8.92. The molecule has 2 heterocycles. The molecule has 1 N–H and O–H groups in total. The molecule has 2 rings (SSSR count). The Labute approximate surface area is 126 Å². The Bertz CT molecular complexity index is 593. The largest absolute Gasteiger partial charge is 0.330 e. The van der Waals surface area contributed by atoms with Crippen LogP contribution in [0, 0.1) is 13.8 Å². The summed E-state index contributed by atoms with van der Waals surface area (Å²) in [6.45, 7) is 6.37. The van der Waals surface area contributed by atoms with Gasteiger partial charge in [0.25, 0.3) is 0 Å². The second-order valence-electron chi connectivity index (χ2n) is 4.68. The summed E-state index contributed by atoms with van der Waals surface area (Å²) in [6.07, 6.45) is 0. The molecule has 108 valence electrons. The zero-order valence-corrected chi connectivity index (χ0v) is 13.6. The van der Waals surface area contributed by atoms with Crippen LogP contribution in [0.2, 0.25) is 0 Å². The molecule has 2 aromatic heterocycles. The summed E-state index contributed by atoms with van der Waals surface area (Å²) in [6, 6.07) is -0.208. The number of aromatic nitrogens is 2. The monoisotopic (exact) mass is 310 g/mol. The first kappa shape index (κ1) is 14.9. The molecule has 0 spiro atoms. The minimum atomic E-state index is -0.117. The Kier molecular flexibility index (Phi) is 4.72. The minimum Gasteiger partial charge on any atom is -0.330 e. The number of carbonyl (C=O) groups excluding carboxylic acids is 1. The van der Waals surface area contributed by atoms with Gasteiger partial charge in [0.2, 0.25) is 0 Å². The van der Waals surface area contributed by atoms with Crippen molar-refractivity contribution < 1.29 is 4.79 Å². The second kappa shape index (κ2) is 6.32. The Morgan fingerprint density at radius 1 is 1.30 bits per heavy atom. The molecule has 0 aliphatic rings. The zero-order chi connectivity index (χ0) is 14.7. The third-order valence-electron chi connectivity index (χ3n) is 2.83. The van der Waals surface area contributed by atoms with Crippen molar-refractivity contribution in [2.24, 2.45) is 0 Å². The number of hydrogen-bond acceptors (Lipinski definition) is 5. The number of carbonyl (C=O) groups is 1. The molecule has 2 amide bonds. The standard InChI is InChI=1S/C13H18N4OS2/c1-8(12-7-20-10(3)16-12)14-13(18)17(4)5-11-6-19-9(2)15-11/h6-8H,5H2,1-4H3,(H,14,18). The Balaban J connectivity index is 1.90. The molecule has 0 saturated carbocycles. The average Bonchev–Trinajstić information content (AvgIpc) is 2.98. The maximum Gasteiger partial charge on any atom is 0.318 e. The van der Waals surface area contributed by atoms with Crippen molar-refractivity contribution in [3.63, 3.8) is 0 Å². The van der Waals surface area contributed by atoms with E-state index >= 15 is 0 Å². The Morgan fingerprint density at radius 2 is 1.95 bits per heavy atom. The Morgan fingerprint density at radius 3 is 2.50 bits per heavy atom. The van der Waals surface area contributed by atoms with Gasteiger partial charge in [-0.3, -0.25) is 0 Å². The normalized spacial score (nSPS) is 12.2. The van der Waals surface area contributed by atoms with Crippen LogP contribution in [0.1, 0.15) is 34.4 Å². The van der Waals surface area contributed by atoms with Crippen LogP contribution in [0.25, 0.3) is 0 Å². The quantitative estimate of drug-likeness (QED) is 0.944. The van der Waals surface area contributed by atoms with E-state index in [-0.39, 0.29) is 12.1 Å². The van der Waals surface area contributed by atoms with Crippen molar-refractivity contribution in [3.05, 3.63) is 32.2 Å². The minimum absolute atomic E-state index is 0.0907. The number of hydrogen-bond donors (Lipinski definition) is 1. The summed E-state index contributed by atoms with van der Waals surface area (Å²) in [5.74, 6) is 0. The van der Waals surface area contributed by atoms with Gasteiger partial charge < -0.3 is 10.2 Å². The number of rotatable bonds is 4. The highest BCUT2D eigenvalue weighted by Crippen LogP contribution is 2.16. The van der Waals surface area contributed by atoms with E-state index in [0.29, 0.717) is 6.54 Å². The smallest absolute Gasteiger partial charge is 0.318 e. The lowest BCUT2D eigenvalue weighted by Gasteiger charge is -2.19. The molecule has 20 heavy (non-hydrogen) atoms. The fourth-order valence-electron chi connectivity index (χ4n) is 1.74. The van der Waals surface area contributed by atoms with Crippen LogP contribution >= 0.6 is 22.7 Å². The number of aryl methyl sites for hydroxylation is 2. The van der Waals surface area contributed by atoms with Crippen LogP contribution in [-0.4, -0.2) is 27.9 Å². The second-order valence-corrected chi connectivity index (χ2v) is 6.80. The van der Waals surface area contributed by atoms with Crippen molar-refractivity contribution in [2.45, 2.75) is 33.4 Å². The number of nitrogens with zero attached hydrogens (tertiary/aromatic N) is 3. The van der Waals surface area contributed by atoms with E-state index in [4.69, 9.17) is 0 Å². The fraction of sp³-hybridized carbons (Fsp3) is 0.462. The number of thiazole rings is 2. The van der Waals surface area contributed by atoms with Gasteiger partial charge in [-0.2, -0.15) is 0 Å². The molecule has 1 unspecified atom stereocenters. The van der Waals surface area contributed by atoms with E-state index in [1.54, 1.807) is 34.6 Å². The summed E-state index contributed by atoms with van der Waals surface area (Å²) in [7, 11) is 1.77. The molecular formula is C13H18N4OS2. The topological polar surface area (TPSA) is 58.1 Å². The molecular weight excluding hydrogens is 292 g/mol. The van der Waals surface area contributed by atoms with Crippen LogP contribution < -0.4 is 5.32 Å². The number of amides is 2. The molecule has 5 nitrogen and oxygen atoms in total. The molecule has 2 aromatic rings. The maximum atomic E-state index is 12.1. The molecule has 0 saturated heterocycles. The first-order chi connectivity index (χ1) is 9.45. The predicted molar refractivity (Wildman–Crippen MR) is 82.1 cm³/mol. The molecule has 0 aliphatic carbocycles. The fourth-order valence-corrected chi connectivity index (χ4v) is 3.05. The van der Waals surface area contributed by atoms with Crippen LogP contribution in [0.15, 0.2) is 10.8 Å². The molecule has 0 aromatic carbocycles. The van der Waals surface area contributed by atoms with Gasteiger partial charge in [0, 0.05) is 17.8 Å². The first-order valence-corrected chi connectivity index (χ1v) is 8.06. The molecule has 0 bridgehead atoms. The van der Waals surface area contributed by atoms with Gasteiger partial charge in [0.15, 0.2) is 0 Å². The summed E-state index contributed by atoms with van der Waals surface area (Å²) >= 11 is 3.18. The lowest BCUT2D eigenvalue weighted by atomic mass is 10.2. The highest BCUT2D eigenvalue weighted by Gasteiger charge is 2.16. The van der Waals surface area contributed by atoms with Crippen molar-refractivity contribution >= 4 is 28.7 Å². The molecule has 0 aliphatic heterocycles. The third kappa shape index (κ3) is 3.77. The molecule has 1 atom stereocenters. The first-order valence-electron chi connectivity index (χ1n) is 6.30. The maximum absolute atomic E-state index is 12.1. The van der Waals surface area contributed by atoms with Gasteiger partial charge in [-0.1, -0.05) is 0 Å². The summed E-state index contributed by atoms with van der Waals surface area (Å²) in [5.41, 5.74) is 1.82. The number of urea groups is 1. The van der Waals surface area contributed by atoms with Crippen LogP contribution in [0.4, 0.5) is 4.79 Å². The van der Waals surface area contributed by atoms with E-state index in [0.717, 1.165) is 21.4 Å². The van der Waals surface area contributed by atoms with E-state index in [2.05, 4.69) is 15.3 Å². The van der Waals surface area contributed by atoms with E-state index in [9.17, 15) is 4.79 Å². The van der Waals surface area contributed by atoms with Gasteiger partial charge in [-0.05, 0) is 20.8 Å². The lowest BCUT2D eigenvalue weighted by molar-refractivity contribution is 0.203. The SMILES string of the molecule is Cc1nc(CN(C)C(=O)NC(C)c2csc(C)n2)cs1. The van der Waals surface area contributed by atoms with Crippen LogP contribution in [0.5, 0.6) is 0 Å². The third-order valence-corrected chi connectivity index (χ3v) is 4.45. The van der Waals surface area contributed by atoms with Gasteiger partial charge in [-0.25, -0.2) is 14.8 Å². The average molecular weight is 310 g/mol. The van der Waals surface area contributed by atoms with Crippen molar-refractivity contribution in [2.75, 3.05) is 7.05 Å². The van der Waals surface area contributed by atoms with Gasteiger partial charge in [0.05, 0.1) is 34.0 Å². The highest BCUT2D eigenvalue weighted by atomic mass is 32.1. The van der Waals surface area contributed by atoms with Crippen molar-refractivity contribution in [1.82, 2.24) is 20.2 Å². The highest BCUT2D eigenvalue weighted by molar-refractivity contribution is 7.09. The lowest BCUT2D eigenvalue weighted by Crippen LogP contribution is -2.38. The number of nitrogens with one attached hydrogen (secondary N) is 1. The van der Waals surface area contributed by atoms with Crippen LogP contribution in [0.3, 0.4) is 0 Å². The molecule has 0 fully saturated rings. The van der Waals surface area contributed by atoms with Crippen LogP contribution in [-0.2, 0) is 6.54 Å². The Hall–Kier alpha value is -1.47. The van der Waals surface area contributed by atoms with Gasteiger partial charge in [-0.15, -0.1) is 22.7 Å². The summed E-state index contributed by atoms with van der Waals surface area (Å²) in [4.78, 5) is 22.5. The van der Waals surface area contributed by atoms with Crippen molar-refractivity contribution in [1.29, 1.82) is 0 Å². The van der Waals surface area contributed by atoms with Crippen molar-refractivity contribution in [3.8, 4) is 0 Å². The summed E-state index contributed by atoms with van der Waals surface area (Å²) < 4.78 is 0. The van der Waals surface area contributed by atoms with Gasteiger partial charge >= 0.3 is 6.03 Å².